The van der Waals surface area contributed by atoms with Gasteiger partial charge in [-0.25, -0.2) is 4.98 Å². The van der Waals surface area contributed by atoms with Crippen LogP contribution in [0.25, 0.3) is 11.3 Å². The van der Waals surface area contributed by atoms with Gasteiger partial charge in [0.05, 0.1) is 5.69 Å². The molecule has 0 radical (unpaired) electrons. The summed E-state index contributed by atoms with van der Waals surface area (Å²) in [5.41, 5.74) is 2.16. The van der Waals surface area contributed by atoms with Crippen molar-refractivity contribution in [3.8, 4) is 11.3 Å². The molecule has 1 saturated heterocycles. The summed E-state index contributed by atoms with van der Waals surface area (Å²) in [6, 6.07) is 12.5. The zero-order valence-corrected chi connectivity index (χ0v) is 13.5. The van der Waals surface area contributed by atoms with Crippen LogP contribution in [0.2, 0.25) is 0 Å². The highest BCUT2D eigenvalue weighted by atomic mass is 15.3. The highest BCUT2D eigenvalue weighted by molar-refractivity contribution is 5.65. The third-order valence-electron chi connectivity index (χ3n) is 4.25. The highest BCUT2D eigenvalue weighted by Gasteiger charge is 2.17. The van der Waals surface area contributed by atoms with Crippen molar-refractivity contribution in [2.75, 3.05) is 36.0 Å². The van der Waals surface area contributed by atoms with Gasteiger partial charge in [-0.1, -0.05) is 30.3 Å². The quantitative estimate of drug-likeness (QED) is 0.844. The molecule has 2 heterocycles. The minimum Gasteiger partial charge on any atom is -0.356 e. The number of rotatable bonds is 5. The van der Waals surface area contributed by atoms with Crippen molar-refractivity contribution in [3.63, 3.8) is 0 Å². The van der Waals surface area contributed by atoms with Gasteiger partial charge < -0.3 is 9.80 Å². The molecule has 4 nitrogen and oxygen atoms in total. The van der Waals surface area contributed by atoms with Crippen LogP contribution in [0.3, 0.4) is 0 Å². The van der Waals surface area contributed by atoms with Crippen LogP contribution in [0.5, 0.6) is 0 Å². The lowest BCUT2D eigenvalue weighted by molar-refractivity contribution is 0.814. The zero-order valence-electron chi connectivity index (χ0n) is 13.5. The molecule has 1 fully saturated rings. The van der Waals surface area contributed by atoms with Gasteiger partial charge in [-0.2, -0.15) is 4.98 Å². The van der Waals surface area contributed by atoms with Crippen molar-refractivity contribution in [2.45, 2.75) is 26.7 Å². The van der Waals surface area contributed by atoms with Crippen molar-refractivity contribution < 1.29 is 0 Å². The monoisotopic (exact) mass is 296 g/mol. The third-order valence-corrected chi connectivity index (χ3v) is 4.25. The van der Waals surface area contributed by atoms with Gasteiger partial charge in [0.25, 0.3) is 0 Å². The van der Waals surface area contributed by atoms with E-state index in [0.29, 0.717) is 0 Å². The average molecular weight is 296 g/mol. The molecule has 0 spiro atoms. The molecule has 0 amide bonds. The number of hydrogen-bond donors (Lipinski definition) is 0. The average Bonchev–Trinajstić information content (AvgIpc) is 3.11. The van der Waals surface area contributed by atoms with Crippen LogP contribution >= 0.6 is 0 Å². The molecular formula is C18H24N4. The first kappa shape index (κ1) is 14.8. The van der Waals surface area contributed by atoms with Crippen LogP contribution < -0.4 is 9.80 Å². The Kier molecular flexibility index (Phi) is 4.56. The molecule has 1 aromatic carbocycles. The second-order valence-electron chi connectivity index (χ2n) is 5.64. The topological polar surface area (TPSA) is 32.3 Å². The van der Waals surface area contributed by atoms with E-state index in [1.807, 2.05) is 6.07 Å². The Morgan fingerprint density at radius 3 is 2.32 bits per heavy atom. The maximum absolute atomic E-state index is 4.82. The van der Waals surface area contributed by atoms with E-state index in [1.54, 1.807) is 0 Å². The van der Waals surface area contributed by atoms with Crippen molar-refractivity contribution in [1.82, 2.24) is 9.97 Å². The largest absolute Gasteiger partial charge is 0.356 e. The van der Waals surface area contributed by atoms with Crippen LogP contribution in [0.15, 0.2) is 36.4 Å². The van der Waals surface area contributed by atoms with Gasteiger partial charge in [-0.15, -0.1) is 0 Å². The highest BCUT2D eigenvalue weighted by Crippen LogP contribution is 2.26. The maximum atomic E-state index is 4.82. The summed E-state index contributed by atoms with van der Waals surface area (Å²) in [4.78, 5) is 14.2. The molecule has 0 saturated carbocycles. The van der Waals surface area contributed by atoms with Crippen LogP contribution in [-0.2, 0) is 0 Å². The molecule has 3 rings (SSSR count). The molecule has 0 aliphatic carbocycles. The van der Waals surface area contributed by atoms with Crippen LogP contribution in [0.4, 0.5) is 11.8 Å². The van der Waals surface area contributed by atoms with E-state index in [0.717, 1.165) is 49.2 Å². The lowest BCUT2D eigenvalue weighted by Gasteiger charge is -2.23. The third kappa shape index (κ3) is 3.06. The Morgan fingerprint density at radius 1 is 1.00 bits per heavy atom. The first-order valence-electron chi connectivity index (χ1n) is 8.26. The normalized spacial score (nSPS) is 14.4. The van der Waals surface area contributed by atoms with E-state index in [-0.39, 0.29) is 0 Å². The number of benzene rings is 1. The molecule has 0 unspecified atom stereocenters. The fourth-order valence-corrected chi connectivity index (χ4v) is 2.93. The molecule has 0 N–H and O–H groups in total. The van der Waals surface area contributed by atoms with Crippen LogP contribution in [-0.4, -0.2) is 36.1 Å². The zero-order chi connectivity index (χ0) is 15.4. The van der Waals surface area contributed by atoms with E-state index in [9.17, 15) is 0 Å². The Hall–Kier alpha value is -2.10. The van der Waals surface area contributed by atoms with Crippen molar-refractivity contribution in [1.29, 1.82) is 0 Å². The smallest absolute Gasteiger partial charge is 0.227 e. The standard InChI is InChI=1S/C18H24N4/c1-3-21(4-2)18-19-16(15-10-6-5-7-11-15)14-17(20-18)22-12-8-9-13-22/h5-7,10-11,14H,3-4,8-9,12-13H2,1-2H3. The van der Waals surface area contributed by atoms with E-state index in [4.69, 9.17) is 9.97 Å². The summed E-state index contributed by atoms with van der Waals surface area (Å²) in [6.07, 6.45) is 2.51. The summed E-state index contributed by atoms with van der Waals surface area (Å²) in [5, 5.41) is 0. The predicted molar refractivity (Wildman–Crippen MR) is 92.5 cm³/mol. The molecule has 22 heavy (non-hydrogen) atoms. The van der Waals surface area contributed by atoms with Gasteiger partial charge in [-0.3, -0.25) is 0 Å². The number of nitrogens with zero attached hydrogens (tertiary/aromatic N) is 4. The molecule has 1 aromatic heterocycles. The van der Waals surface area contributed by atoms with Crippen LogP contribution in [0, 0.1) is 0 Å². The molecule has 4 heteroatoms. The summed E-state index contributed by atoms with van der Waals surface area (Å²) < 4.78 is 0. The molecule has 1 aliphatic rings. The minimum absolute atomic E-state index is 0.841. The summed E-state index contributed by atoms with van der Waals surface area (Å²) in [7, 11) is 0. The molecule has 116 valence electrons. The molecule has 0 bridgehead atoms. The maximum Gasteiger partial charge on any atom is 0.227 e. The summed E-state index contributed by atoms with van der Waals surface area (Å²) >= 11 is 0. The molecular weight excluding hydrogens is 272 g/mol. The predicted octanol–water partition coefficient (Wildman–Crippen LogP) is 3.59. The second kappa shape index (κ2) is 6.77. The van der Waals surface area contributed by atoms with E-state index < -0.39 is 0 Å². The number of anilines is 2. The van der Waals surface area contributed by atoms with Crippen molar-refractivity contribution >= 4 is 11.8 Å². The van der Waals surface area contributed by atoms with Gasteiger partial charge in [0.1, 0.15) is 5.82 Å². The number of hydrogen-bond acceptors (Lipinski definition) is 4. The Bertz CT molecular complexity index is 581. The SMILES string of the molecule is CCN(CC)c1nc(-c2ccccc2)cc(N2CCCC2)n1. The van der Waals surface area contributed by atoms with Gasteiger partial charge in [-0.05, 0) is 26.7 Å². The fraction of sp³-hybridized carbons (Fsp3) is 0.444. The lowest BCUT2D eigenvalue weighted by atomic mass is 10.1. The second-order valence-corrected chi connectivity index (χ2v) is 5.64. The van der Waals surface area contributed by atoms with Crippen molar-refractivity contribution in [2.24, 2.45) is 0 Å². The van der Waals surface area contributed by atoms with Crippen molar-refractivity contribution in [3.05, 3.63) is 36.4 Å². The van der Waals surface area contributed by atoms with E-state index in [1.165, 1.54) is 12.8 Å². The Balaban J connectivity index is 2.04. The Labute approximate surface area is 132 Å². The fourth-order valence-electron chi connectivity index (χ4n) is 2.93. The van der Waals surface area contributed by atoms with Gasteiger partial charge >= 0.3 is 0 Å². The van der Waals surface area contributed by atoms with E-state index in [2.05, 4.69) is 54.0 Å². The minimum atomic E-state index is 0.841. The summed E-state index contributed by atoms with van der Waals surface area (Å²) in [5.74, 6) is 1.90. The molecule has 1 aliphatic heterocycles. The first-order chi connectivity index (χ1) is 10.8. The van der Waals surface area contributed by atoms with Crippen LogP contribution in [0.1, 0.15) is 26.7 Å². The van der Waals surface area contributed by atoms with Gasteiger partial charge in [0.15, 0.2) is 0 Å². The molecule has 2 aromatic rings. The van der Waals surface area contributed by atoms with Gasteiger partial charge in [0.2, 0.25) is 5.95 Å². The lowest BCUT2D eigenvalue weighted by Crippen LogP contribution is -2.26. The van der Waals surface area contributed by atoms with E-state index >= 15 is 0 Å². The number of aromatic nitrogens is 2. The van der Waals surface area contributed by atoms with Gasteiger partial charge in [0, 0.05) is 37.8 Å². The summed E-state index contributed by atoms with van der Waals surface area (Å²) in [6.45, 7) is 8.35. The Morgan fingerprint density at radius 2 is 1.68 bits per heavy atom. The molecule has 0 atom stereocenters. The first-order valence-corrected chi connectivity index (χ1v) is 8.26.